The van der Waals surface area contributed by atoms with Crippen molar-refractivity contribution in [2.75, 3.05) is 33.9 Å². The van der Waals surface area contributed by atoms with E-state index in [0.717, 1.165) is 32.1 Å². The Labute approximate surface area is 175 Å². The van der Waals surface area contributed by atoms with Gasteiger partial charge in [0.25, 0.3) is 0 Å². The fraction of sp³-hybridized carbons (Fsp3) is 0.667. The first-order chi connectivity index (χ1) is 12.1. The van der Waals surface area contributed by atoms with E-state index in [-0.39, 0.29) is 24.0 Å². The number of guanidine groups is 1. The van der Waals surface area contributed by atoms with Crippen LogP contribution in [0.2, 0.25) is 0 Å². The standard InChI is InChI=1S/C21H33N3O.HI/c1-17-7-4-5-8-18(17)21(11-12-21)16-24-19(22-2)23-15-20(9-6-10-20)13-14-25-3;/h4-5,7-8H,6,9-16H2,1-3H3,(H2,22,23,24);1H. The minimum absolute atomic E-state index is 0. The Hall–Kier alpha value is -0.820. The Balaban J connectivity index is 0.00000243. The Morgan fingerprint density at radius 1 is 1.12 bits per heavy atom. The van der Waals surface area contributed by atoms with Crippen LogP contribution in [0.4, 0.5) is 0 Å². The molecule has 0 spiro atoms. The van der Waals surface area contributed by atoms with Gasteiger partial charge in [-0.25, -0.2) is 0 Å². The van der Waals surface area contributed by atoms with E-state index in [1.165, 1.54) is 43.2 Å². The lowest BCUT2D eigenvalue weighted by Gasteiger charge is -2.42. The van der Waals surface area contributed by atoms with E-state index in [4.69, 9.17) is 4.74 Å². The maximum atomic E-state index is 5.29. The Morgan fingerprint density at radius 3 is 2.35 bits per heavy atom. The predicted molar refractivity (Wildman–Crippen MR) is 120 cm³/mol. The van der Waals surface area contributed by atoms with Crippen LogP contribution >= 0.6 is 24.0 Å². The van der Waals surface area contributed by atoms with Crippen molar-refractivity contribution in [1.82, 2.24) is 10.6 Å². The van der Waals surface area contributed by atoms with Gasteiger partial charge in [-0.1, -0.05) is 30.7 Å². The summed E-state index contributed by atoms with van der Waals surface area (Å²) in [6.45, 7) is 5.03. The molecule has 4 nitrogen and oxygen atoms in total. The third-order valence-electron chi connectivity index (χ3n) is 6.27. The van der Waals surface area contributed by atoms with Gasteiger partial charge >= 0.3 is 0 Å². The van der Waals surface area contributed by atoms with Crippen LogP contribution in [0.15, 0.2) is 29.3 Å². The molecule has 1 aromatic rings. The summed E-state index contributed by atoms with van der Waals surface area (Å²) in [4.78, 5) is 4.44. The van der Waals surface area contributed by atoms with Crippen molar-refractivity contribution in [3.05, 3.63) is 35.4 Å². The molecule has 0 unspecified atom stereocenters. The van der Waals surface area contributed by atoms with Gasteiger partial charge in [-0.05, 0) is 55.6 Å². The quantitative estimate of drug-likeness (QED) is 0.342. The van der Waals surface area contributed by atoms with Crippen LogP contribution in [0.25, 0.3) is 0 Å². The molecule has 2 aliphatic rings. The largest absolute Gasteiger partial charge is 0.385 e. The van der Waals surface area contributed by atoms with Gasteiger partial charge in [0.1, 0.15) is 0 Å². The van der Waals surface area contributed by atoms with Crippen molar-refractivity contribution >= 4 is 29.9 Å². The summed E-state index contributed by atoms with van der Waals surface area (Å²) in [6, 6.07) is 8.79. The van der Waals surface area contributed by atoms with Gasteiger partial charge in [0.05, 0.1) is 0 Å². The molecule has 0 radical (unpaired) electrons. The number of nitrogens with zero attached hydrogens (tertiary/aromatic N) is 1. The van der Waals surface area contributed by atoms with Gasteiger partial charge in [0, 0.05) is 39.3 Å². The number of methoxy groups -OCH3 is 1. The van der Waals surface area contributed by atoms with Crippen LogP contribution in [0, 0.1) is 12.3 Å². The lowest BCUT2D eigenvalue weighted by molar-refractivity contribution is 0.0732. The summed E-state index contributed by atoms with van der Waals surface area (Å²) in [5.41, 5.74) is 3.60. The smallest absolute Gasteiger partial charge is 0.191 e. The Bertz CT molecular complexity index is 609. The molecule has 3 rings (SSSR count). The molecule has 0 saturated heterocycles. The molecule has 0 aromatic heterocycles. The second-order valence-electron chi connectivity index (χ2n) is 7.97. The van der Waals surface area contributed by atoms with E-state index in [0.29, 0.717) is 10.8 Å². The van der Waals surface area contributed by atoms with Gasteiger partial charge in [0.2, 0.25) is 0 Å². The van der Waals surface area contributed by atoms with Crippen molar-refractivity contribution in [1.29, 1.82) is 0 Å². The molecular weight excluding hydrogens is 437 g/mol. The van der Waals surface area contributed by atoms with Gasteiger partial charge in [-0.15, -0.1) is 24.0 Å². The molecule has 0 atom stereocenters. The fourth-order valence-electron chi connectivity index (χ4n) is 4.12. The van der Waals surface area contributed by atoms with Crippen LogP contribution in [0.5, 0.6) is 0 Å². The highest BCUT2D eigenvalue weighted by molar-refractivity contribution is 14.0. The summed E-state index contributed by atoms with van der Waals surface area (Å²) in [5, 5.41) is 7.15. The van der Waals surface area contributed by atoms with E-state index >= 15 is 0 Å². The SMILES string of the molecule is CN=C(NCC1(CCOC)CCC1)NCC1(c2ccccc2C)CC1.I. The molecule has 0 bridgehead atoms. The molecule has 5 heteroatoms. The van der Waals surface area contributed by atoms with Crippen LogP contribution in [0.3, 0.4) is 0 Å². The van der Waals surface area contributed by atoms with Crippen LogP contribution in [-0.2, 0) is 10.2 Å². The van der Waals surface area contributed by atoms with E-state index in [1.807, 2.05) is 7.05 Å². The third-order valence-corrected chi connectivity index (χ3v) is 6.27. The number of aryl methyl sites for hydroxylation is 1. The number of halogens is 1. The van der Waals surface area contributed by atoms with E-state index < -0.39 is 0 Å². The lowest BCUT2D eigenvalue weighted by atomic mass is 9.67. The van der Waals surface area contributed by atoms with Crippen molar-refractivity contribution < 1.29 is 4.74 Å². The molecule has 2 N–H and O–H groups in total. The maximum Gasteiger partial charge on any atom is 0.191 e. The first kappa shape index (κ1) is 21.5. The van der Waals surface area contributed by atoms with E-state index in [1.54, 1.807) is 7.11 Å². The van der Waals surface area contributed by atoms with Crippen molar-refractivity contribution in [3.63, 3.8) is 0 Å². The number of rotatable bonds is 8. The summed E-state index contributed by atoms with van der Waals surface area (Å²) in [6.07, 6.45) is 7.61. The molecule has 2 saturated carbocycles. The fourth-order valence-corrected chi connectivity index (χ4v) is 4.12. The molecule has 1 aromatic carbocycles. The zero-order valence-electron chi connectivity index (χ0n) is 16.4. The summed E-state index contributed by atoms with van der Waals surface area (Å²) in [7, 11) is 3.66. The van der Waals surface area contributed by atoms with Gasteiger partial charge < -0.3 is 15.4 Å². The molecule has 146 valence electrons. The highest BCUT2D eigenvalue weighted by Crippen LogP contribution is 2.48. The van der Waals surface area contributed by atoms with Gasteiger partial charge in [-0.3, -0.25) is 4.99 Å². The molecule has 26 heavy (non-hydrogen) atoms. The van der Waals surface area contributed by atoms with Crippen molar-refractivity contribution in [2.24, 2.45) is 10.4 Å². The van der Waals surface area contributed by atoms with Gasteiger partial charge in [-0.2, -0.15) is 0 Å². The number of aliphatic imine (C=N–C) groups is 1. The number of nitrogens with one attached hydrogen (secondary N) is 2. The minimum atomic E-state index is 0. The first-order valence-electron chi connectivity index (χ1n) is 9.63. The number of ether oxygens (including phenoxy) is 1. The highest BCUT2D eigenvalue weighted by Gasteiger charge is 2.45. The number of hydrogen-bond acceptors (Lipinski definition) is 2. The normalized spacial score (nSPS) is 19.9. The molecular formula is C21H34IN3O. The topological polar surface area (TPSA) is 45.7 Å². The predicted octanol–water partition coefficient (Wildman–Crippen LogP) is 4.02. The van der Waals surface area contributed by atoms with Gasteiger partial charge in [0.15, 0.2) is 5.96 Å². The average Bonchev–Trinajstić information content (AvgIpc) is 3.37. The summed E-state index contributed by atoms with van der Waals surface area (Å²) < 4.78 is 5.29. The van der Waals surface area contributed by atoms with Crippen LogP contribution < -0.4 is 10.6 Å². The maximum absolute atomic E-state index is 5.29. The van der Waals surface area contributed by atoms with Crippen molar-refractivity contribution in [2.45, 2.75) is 50.9 Å². The Morgan fingerprint density at radius 2 is 1.81 bits per heavy atom. The molecule has 0 amide bonds. The molecule has 0 heterocycles. The van der Waals surface area contributed by atoms with E-state index in [2.05, 4.69) is 46.8 Å². The van der Waals surface area contributed by atoms with E-state index in [9.17, 15) is 0 Å². The van der Waals surface area contributed by atoms with Crippen LogP contribution in [-0.4, -0.2) is 39.8 Å². The second-order valence-corrected chi connectivity index (χ2v) is 7.97. The summed E-state index contributed by atoms with van der Waals surface area (Å²) in [5.74, 6) is 0.934. The minimum Gasteiger partial charge on any atom is -0.385 e. The number of benzene rings is 1. The Kier molecular flexibility index (Phi) is 7.76. The zero-order chi connectivity index (χ0) is 17.8. The third kappa shape index (κ3) is 4.91. The monoisotopic (exact) mass is 471 g/mol. The summed E-state index contributed by atoms with van der Waals surface area (Å²) >= 11 is 0. The molecule has 2 fully saturated rings. The lowest BCUT2D eigenvalue weighted by Crippen LogP contribution is -2.48. The first-order valence-corrected chi connectivity index (χ1v) is 9.63. The highest BCUT2D eigenvalue weighted by atomic mass is 127. The zero-order valence-corrected chi connectivity index (χ0v) is 18.8. The molecule has 0 aliphatic heterocycles. The number of hydrogen-bond donors (Lipinski definition) is 2. The second kappa shape index (κ2) is 9.40. The average molecular weight is 471 g/mol. The van der Waals surface area contributed by atoms with Crippen LogP contribution in [0.1, 0.15) is 49.7 Å². The molecule has 2 aliphatic carbocycles. The van der Waals surface area contributed by atoms with Crippen molar-refractivity contribution in [3.8, 4) is 0 Å².